The Kier molecular flexibility index (Phi) is 7.30. The number of benzene rings is 1. The van der Waals surface area contributed by atoms with Crippen molar-refractivity contribution in [2.24, 2.45) is 0 Å². The van der Waals surface area contributed by atoms with Crippen molar-refractivity contribution in [3.63, 3.8) is 0 Å². The van der Waals surface area contributed by atoms with Crippen LogP contribution in [0, 0.1) is 0 Å². The molecule has 1 N–H and O–H groups in total. The number of methoxy groups -OCH3 is 1. The van der Waals surface area contributed by atoms with Gasteiger partial charge in [0.05, 0.1) is 7.11 Å². The lowest BCUT2D eigenvalue weighted by Crippen LogP contribution is -2.23. The third-order valence-electron chi connectivity index (χ3n) is 4.37. The topological polar surface area (TPSA) is 47.6 Å². The molecule has 1 aliphatic rings. The Balaban J connectivity index is 2.29. The minimum atomic E-state index is -0.201. The fourth-order valence-corrected chi connectivity index (χ4v) is 3.21. The molecule has 23 heavy (non-hydrogen) atoms. The summed E-state index contributed by atoms with van der Waals surface area (Å²) in [4.78, 5) is 17.0. The van der Waals surface area contributed by atoms with Crippen LogP contribution < -0.4 is 5.48 Å². The monoisotopic (exact) mass is 317 g/mol. The van der Waals surface area contributed by atoms with Crippen molar-refractivity contribution in [2.75, 3.05) is 20.8 Å². The first-order valence-electron chi connectivity index (χ1n) is 8.37. The molecule has 0 bridgehead atoms. The molecule has 0 unspecified atom stereocenters. The van der Waals surface area contributed by atoms with Crippen molar-refractivity contribution >= 4 is 5.91 Å². The molecule has 0 radical (unpaired) electrons. The predicted octanol–water partition coefficient (Wildman–Crippen LogP) is 3.99. The van der Waals surface area contributed by atoms with E-state index in [0.717, 1.165) is 12.0 Å². The van der Waals surface area contributed by atoms with Crippen LogP contribution in [-0.2, 0) is 9.57 Å². The number of nitrogens with one attached hydrogen (secondary N) is 1. The molecule has 4 nitrogen and oxygen atoms in total. The number of hydrogen-bond acceptors (Lipinski definition) is 3. The van der Waals surface area contributed by atoms with Gasteiger partial charge in [-0.15, -0.1) is 0 Å². The summed E-state index contributed by atoms with van der Waals surface area (Å²) in [6.07, 6.45) is 9.45. The smallest absolute Gasteiger partial charge is 0.275 e. The van der Waals surface area contributed by atoms with E-state index in [9.17, 15) is 4.79 Å². The van der Waals surface area contributed by atoms with Gasteiger partial charge in [-0.25, -0.2) is 5.48 Å². The van der Waals surface area contributed by atoms with Crippen LogP contribution in [0.2, 0.25) is 0 Å². The lowest BCUT2D eigenvalue weighted by atomic mass is 9.86. The molecule has 4 heteroatoms. The Hall–Kier alpha value is -1.65. The third kappa shape index (κ3) is 5.19. The first-order chi connectivity index (χ1) is 11.3. The molecule has 1 atom stereocenters. The first-order valence-corrected chi connectivity index (χ1v) is 8.37. The summed E-state index contributed by atoms with van der Waals surface area (Å²) in [6.45, 7) is 0.675. The lowest BCUT2D eigenvalue weighted by molar-refractivity contribution is 0.0536. The van der Waals surface area contributed by atoms with Crippen LogP contribution in [-0.4, -0.2) is 26.7 Å². The minimum absolute atomic E-state index is 0.196. The zero-order chi connectivity index (χ0) is 16.5. The molecule has 126 valence electrons. The molecule has 1 saturated carbocycles. The maximum atomic E-state index is 12.2. The zero-order valence-corrected chi connectivity index (χ0v) is 14.1. The molecular formula is C19H27NO3. The molecule has 1 amide bonds. The number of rotatable bonds is 7. The Morgan fingerprint density at radius 2 is 1.96 bits per heavy atom. The lowest BCUT2D eigenvalue weighted by Gasteiger charge is -2.21. The molecule has 0 spiro atoms. The fraction of sp³-hybridized carbons (Fsp3) is 0.526. The maximum Gasteiger partial charge on any atom is 0.275 e. The van der Waals surface area contributed by atoms with Gasteiger partial charge < -0.3 is 4.74 Å². The predicted molar refractivity (Wildman–Crippen MR) is 91.3 cm³/mol. The van der Waals surface area contributed by atoms with Gasteiger partial charge in [-0.1, -0.05) is 36.3 Å². The second kappa shape index (κ2) is 9.48. The number of carbonyl (C=O) groups excluding carboxylic acids is 1. The molecule has 0 heterocycles. The molecule has 0 aromatic heterocycles. The Morgan fingerprint density at radius 1 is 1.22 bits per heavy atom. The van der Waals surface area contributed by atoms with Gasteiger partial charge in [0.15, 0.2) is 0 Å². The summed E-state index contributed by atoms with van der Waals surface area (Å²) in [5.74, 6) is -0.00517. The Labute approximate surface area is 138 Å². The fourth-order valence-electron chi connectivity index (χ4n) is 3.21. The number of hydroxylamine groups is 1. The van der Waals surface area contributed by atoms with E-state index in [0.29, 0.717) is 12.2 Å². The quantitative estimate of drug-likeness (QED) is 0.611. The van der Waals surface area contributed by atoms with Crippen molar-refractivity contribution in [1.29, 1.82) is 0 Å². The first kappa shape index (κ1) is 17.7. The van der Waals surface area contributed by atoms with Crippen LogP contribution in [0.3, 0.4) is 0 Å². The highest BCUT2D eigenvalue weighted by Gasteiger charge is 2.18. The summed E-state index contributed by atoms with van der Waals surface area (Å²) in [5, 5.41) is 0. The normalized spacial score (nSPS) is 16.0. The highest BCUT2D eigenvalue weighted by Crippen LogP contribution is 2.31. The average molecular weight is 317 g/mol. The van der Waals surface area contributed by atoms with E-state index in [1.54, 1.807) is 7.11 Å². The summed E-state index contributed by atoms with van der Waals surface area (Å²) < 4.78 is 5.28. The minimum Gasteiger partial charge on any atom is -0.385 e. The highest BCUT2D eigenvalue weighted by molar-refractivity contribution is 5.95. The Morgan fingerprint density at radius 3 is 2.65 bits per heavy atom. The summed E-state index contributed by atoms with van der Waals surface area (Å²) >= 11 is 0. The molecule has 1 aromatic carbocycles. The van der Waals surface area contributed by atoms with Crippen molar-refractivity contribution in [3.8, 4) is 0 Å². The van der Waals surface area contributed by atoms with Crippen LogP contribution >= 0.6 is 0 Å². The van der Waals surface area contributed by atoms with Gasteiger partial charge in [0.25, 0.3) is 5.91 Å². The molecule has 0 aliphatic heterocycles. The van der Waals surface area contributed by atoms with Crippen molar-refractivity contribution < 1.29 is 14.4 Å². The van der Waals surface area contributed by atoms with Gasteiger partial charge in [-0.2, -0.15) is 0 Å². The average Bonchev–Trinajstić information content (AvgIpc) is 2.60. The number of allylic oxidation sites excluding steroid dienone is 2. The second-order valence-corrected chi connectivity index (χ2v) is 6.00. The van der Waals surface area contributed by atoms with Gasteiger partial charge in [0, 0.05) is 25.2 Å². The van der Waals surface area contributed by atoms with Gasteiger partial charge in [-0.05, 0) is 43.7 Å². The van der Waals surface area contributed by atoms with E-state index in [4.69, 9.17) is 9.57 Å². The molecule has 1 aliphatic carbocycles. The number of amides is 1. The maximum absolute atomic E-state index is 12.2. The summed E-state index contributed by atoms with van der Waals surface area (Å²) in [5.41, 5.74) is 5.65. The van der Waals surface area contributed by atoms with Crippen LogP contribution in [0.4, 0.5) is 0 Å². The standard InChI is InChI=1S/C19H27NO3/c1-22-13-12-16(14-15-8-4-3-5-9-15)17-10-6-7-11-18(17)19(21)20-23-2/h6-7,10-11,14,16H,3-5,8-9,12-13H2,1-2H3,(H,20,21)/t16-/m1/s1. The largest absolute Gasteiger partial charge is 0.385 e. The van der Waals surface area contributed by atoms with Crippen LogP contribution in [0.5, 0.6) is 0 Å². The summed E-state index contributed by atoms with van der Waals surface area (Å²) in [6, 6.07) is 7.75. The molecule has 1 aromatic rings. The van der Waals surface area contributed by atoms with E-state index in [-0.39, 0.29) is 11.8 Å². The van der Waals surface area contributed by atoms with Gasteiger partial charge in [0.1, 0.15) is 0 Å². The van der Waals surface area contributed by atoms with E-state index in [2.05, 4.69) is 11.6 Å². The van der Waals surface area contributed by atoms with E-state index in [1.807, 2.05) is 24.3 Å². The molecule has 0 saturated heterocycles. The van der Waals surface area contributed by atoms with Crippen molar-refractivity contribution in [1.82, 2.24) is 5.48 Å². The molecule has 1 fully saturated rings. The van der Waals surface area contributed by atoms with Crippen molar-refractivity contribution in [2.45, 2.75) is 44.4 Å². The van der Waals surface area contributed by atoms with Gasteiger partial charge >= 0.3 is 0 Å². The van der Waals surface area contributed by atoms with Crippen molar-refractivity contribution in [3.05, 3.63) is 47.0 Å². The van der Waals surface area contributed by atoms with Gasteiger partial charge in [-0.3, -0.25) is 9.63 Å². The summed E-state index contributed by atoms with van der Waals surface area (Å²) in [7, 11) is 3.17. The van der Waals surface area contributed by atoms with Crippen LogP contribution in [0.15, 0.2) is 35.9 Å². The highest BCUT2D eigenvalue weighted by atomic mass is 16.6. The van der Waals surface area contributed by atoms with E-state index >= 15 is 0 Å². The molecule has 2 rings (SSSR count). The second-order valence-electron chi connectivity index (χ2n) is 6.00. The van der Waals surface area contributed by atoms with E-state index < -0.39 is 0 Å². The van der Waals surface area contributed by atoms with E-state index in [1.165, 1.54) is 44.8 Å². The Bertz CT molecular complexity index is 531. The third-order valence-corrected chi connectivity index (χ3v) is 4.37. The van der Waals surface area contributed by atoms with Gasteiger partial charge in [0.2, 0.25) is 0 Å². The SMILES string of the molecule is COCC[C@H](C=C1CCCCC1)c1ccccc1C(=O)NOC. The van der Waals surface area contributed by atoms with Crippen LogP contribution in [0.1, 0.15) is 60.4 Å². The molecular weight excluding hydrogens is 290 g/mol. The number of hydrogen-bond donors (Lipinski definition) is 1. The number of carbonyl (C=O) groups is 1. The zero-order valence-electron chi connectivity index (χ0n) is 14.1. The number of ether oxygens (including phenoxy) is 1. The van der Waals surface area contributed by atoms with Crippen LogP contribution in [0.25, 0.3) is 0 Å².